The van der Waals surface area contributed by atoms with Crippen LogP contribution in [-0.2, 0) is 4.79 Å². The van der Waals surface area contributed by atoms with Crippen LogP contribution in [0, 0.1) is 11.6 Å². The second-order valence-corrected chi connectivity index (χ2v) is 5.24. The van der Waals surface area contributed by atoms with Crippen molar-refractivity contribution in [3.63, 3.8) is 0 Å². The summed E-state index contributed by atoms with van der Waals surface area (Å²) in [7, 11) is 0. The fourth-order valence-corrected chi connectivity index (χ4v) is 1.95. The minimum absolute atomic E-state index is 0.436. The van der Waals surface area contributed by atoms with Crippen molar-refractivity contribution in [1.29, 1.82) is 0 Å². The number of benzene rings is 2. The van der Waals surface area contributed by atoms with E-state index in [4.69, 9.17) is 0 Å². The number of rotatable bonds is 4. The van der Waals surface area contributed by atoms with Crippen LogP contribution in [0.3, 0.4) is 0 Å². The fourth-order valence-electron chi connectivity index (χ4n) is 1.95. The van der Waals surface area contributed by atoms with Gasteiger partial charge in [-0.25, -0.2) is 8.78 Å². The number of carbonyl (C=O) groups excluding carboxylic acids is 1. The van der Waals surface area contributed by atoms with Gasteiger partial charge in [0, 0.05) is 6.08 Å². The third-order valence-corrected chi connectivity index (χ3v) is 3.24. The van der Waals surface area contributed by atoms with Gasteiger partial charge in [0.15, 0.2) is 0 Å². The van der Waals surface area contributed by atoms with Crippen molar-refractivity contribution in [1.82, 2.24) is 0 Å². The largest absolute Gasteiger partial charge is 0.318 e. The lowest BCUT2D eigenvalue weighted by Crippen LogP contribution is -2.10. The summed E-state index contributed by atoms with van der Waals surface area (Å²) in [6.45, 7) is 4.20. The molecule has 0 atom stereocenters. The molecule has 114 valence electrons. The Morgan fingerprint density at radius 2 is 1.64 bits per heavy atom. The molecule has 0 heterocycles. The molecule has 0 fully saturated rings. The molecule has 0 aromatic heterocycles. The van der Waals surface area contributed by atoms with Gasteiger partial charge in [-0.3, -0.25) is 4.79 Å². The first-order valence-electron chi connectivity index (χ1n) is 7.00. The third-order valence-electron chi connectivity index (χ3n) is 3.24. The Morgan fingerprint density at radius 1 is 1.05 bits per heavy atom. The van der Waals surface area contributed by atoms with Crippen molar-refractivity contribution < 1.29 is 13.6 Å². The molecule has 0 saturated carbocycles. The summed E-state index contributed by atoms with van der Waals surface area (Å²) in [5.41, 5.74) is 1.61. The second-order valence-electron chi connectivity index (χ2n) is 5.24. The highest BCUT2D eigenvalue weighted by Crippen LogP contribution is 2.18. The first-order valence-corrected chi connectivity index (χ1v) is 7.00. The Morgan fingerprint density at radius 3 is 2.18 bits per heavy atom. The van der Waals surface area contributed by atoms with E-state index in [1.807, 2.05) is 24.3 Å². The molecule has 0 aliphatic heterocycles. The van der Waals surface area contributed by atoms with E-state index >= 15 is 0 Å². The average Bonchev–Trinajstić information content (AvgIpc) is 2.49. The molecule has 1 N–H and O–H groups in total. The molecule has 0 saturated heterocycles. The number of hydrogen-bond donors (Lipinski definition) is 1. The molecule has 0 radical (unpaired) electrons. The van der Waals surface area contributed by atoms with Crippen LogP contribution < -0.4 is 5.32 Å². The molecule has 0 aliphatic rings. The molecule has 2 nitrogen and oxygen atoms in total. The van der Waals surface area contributed by atoms with Crippen molar-refractivity contribution in [2.24, 2.45) is 0 Å². The average molecular weight is 301 g/mol. The van der Waals surface area contributed by atoms with Crippen molar-refractivity contribution >= 4 is 17.7 Å². The maximum Gasteiger partial charge on any atom is 0.248 e. The zero-order valence-corrected chi connectivity index (χ0v) is 12.4. The van der Waals surface area contributed by atoms with E-state index in [0.717, 1.165) is 17.7 Å². The van der Waals surface area contributed by atoms with Crippen molar-refractivity contribution in [2.45, 2.75) is 19.8 Å². The summed E-state index contributed by atoms with van der Waals surface area (Å²) < 4.78 is 26.8. The van der Waals surface area contributed by atoms with Crippen LogP contribution in [0.4, 0.5) is 14.5 Å². The van der Waals surface area contributed by atoms with Crippen molar-refractivity contribution in [2.75, 3.05) is 5.32 Å². The van der Waals surface area contributed by atoms with Gasteiger partial charge in [0.25, 0.3) is 0 Å². The van der Waals surface area contributed by atoms with Crippen LogP contribution in [0.2, 0.25) is 0 Å². The number of anilines is 1. The number of halogens is 2. The highest BCUT2D eigenvalue weighted by Gasteiger charge is 2.09. The van der Waals surface area contributed by atoms with Gasteiger partial charge in [0.2, 0.25) is 5.91 Å². The number of carbonyl (C=O) groups is 1. The van der Waals surface area contributed by atoms with Gasteiger partial charge < -0.3 is 5.32 Å². The van der Waals surface area contributed by atoms with Crippen LogP contribution in [0.15, 0.2) is 48.5 Å². The van der Waals surface area contributed by atoms with E-state index in [1.165, 1.54) is 17.7 Å². The minimum atomic E-state index is -0.803. The lowest BCUT2D eigenvalue weighted by Gasteiger charge is -2.05. The van der Waals surface area contributed by atoms with Crippen LogP contribution in [-0.4, -0.2) is 5.91 Å². The number of amides is 1. The molecule has 1 amide bonds. The van der Waals surface area contributed by atoms with Crippen molar-refractivity contribution in [3.05, 3.63) is 71.3 Å². The Labute approximate surface area is 128 Å². The summed E-state index contributed by atoms with van der Waals surface area (Å²) in [5.74, 6) is -1.76. The second kappa shape index (κ2) is 6.98. The SMILES string of the molecule is CC(C)c1ccc(C=CC(=O)Nc2c(F)cccc2F)cc1. The van der Waals surface area contributed by atoms with E-state index in [-0.39, 0.29) is 0 Å². The summed E-state index contributed by atoms with van der Waals surface area (Å²) in [6, 6.07) is 11.2. The molecule has 0 spiro atoms. The Balaban J connectivity index is 2.05. The quantitative estimate of drug-likeness (QED) is 0.812. The van der Waals surface area contributed by atoms with E-state index in [0.29, 0.717) is 5.92 Å². The van der Waals surface area contributed by atoms with Crippen molar-refractivity contribution in [3.8, 4) is 0 Å². The Hall–Kier alpha value is -2.49. The van der Waals surface area contributed by atoms with Gasteiger partial charge in [-0.15, -0.1) is 0 Å². The molecule has 22 heavy (non-hydrogen) atoms. The monoisotopic (exact) mass is 301 g/mol. The minimum Gasteiger partial charge on any atom is -0.318 e. The fraction of sp³-hybridized carbons (Fsp3) is 0.167. The first kappa shape index (κ1) is 15.9. The number of hydrogen-bond acceptors (Lipinski definition) is 1. The van der Waals surface area contributed by atoms with E-state index in [1.54, 1.807) is 6.08 Å². The molecule has 0 aliphatic carbocycles. The predicted molar refractivity (Wildman–Crippen MR) is 84.6 cm³/mol. The van der Waals surface area contributed by atoms with Gasteiger partial charge in [-0.1, -0.05) is 44.2 Å². The smallest absolute Gasteiger partial charge is 0.248 e. The lowest BCUT2D eigenvalue weighted by molar-refractivity contribution is -0.111. The van der Waals surface area contributed by atoms with Gasteiger partial charge in [0.1, 0.15) is 17.3 Å². The molecule has 2 rings (SSSR count). The van der Waals surface area contributed by atoms with Gasteiger partial charge in [-0.2, -0.15) is 0 Å². The van der Waals surface area contributed by atoms with Gasteiger partial charge in [0.05, 0.1) is 0 Å². The Kier molecular flexibility index (Phi) is 5.04. The zero-order chi connectivity index (χ0) is 16.1. The number of nitrogens with one attached hydrogen (secondary N) is 1. The van der Waals surface area contributed by atoms with Gasteiger partial charge >= 0.3 is 0 Å². The van der Waals surface area contributed by atoms with E-state index in [2.05, 4.69) is 19.2 Å². The zero-order valence-electron chi connectivity index (χ0n) is 12.4. The molecule has 2 aromatic rings. The summed E-state index contributed by atoms with van der Waals surface area (Å²) in [6.07, 6.45) is 2.84. The maximum atomic E-state index is 13.4. The number of para-hydroxylation sites is 1. The molecule has 0 unspecified atom stereocenters. The summed E-state index contributed by atoms with van der Waals surface area (Å²) >= 11 is 0. The van der Waals surface area contributed by atoms with Crippen LogP contribution >= 0.6 is 0 Å². The topological polar surface area (TPSA) is 29.1 Å². The Bertz CT molecular complexity index is 670. The molecular weight excluding hydrogens is 284 g/mol. The molecule has 2 aromatic carbocycles. The molecule has 0 bridgehead atoms. The van der Waals surface area contributed by atoms with E-state index < -0.39 is 23.2 Å². The molecular formula is C18H17F2NO. The summed E-state index contributed by atoms with van der Waals surface area (Å²) in [4.78, 5) is 11.7. The first-order chi connectivity index (χ1) is 10.5. The van der Waals surface area contributed by atoms with Crippen LogP contribution in [0.5, 0.6) is 0 Å². The standard InChI is InChI=1S/C18H17F2NO/c1-12(2)14-9-6-13(7-10-14)8-11-17(22)21-18-15(19)4-3-5-16(18)20/h3-12H,1-2H3,(H,21,22). The molecule has 4 heteroatoms. The normalized spacial score (nSPS) is 11.1. The highest BCUT2D eigenvalue weighted by atomic mass is 19.1. The highest BCUT2D eigenvalue weighted by molar-refractivity contribution is 6.02. The summed E-state index contributed by atoms with van der Waals surface area (Å²) in [5, 5.41) is 2.20. The third kappa shape index (κ3) is 4.01. The predicted octanol–water partition coefficient (Wildman–Crippen LogP) is 4.74. The van der Waals surface area contributed by atoms with Gasteiger partial charge in [-0.05, 0) is 35.3 Å². The van der Waals surface area contributed by atoms with Crippen LogP contribution in [0.1, 0.15) is 30.9 Å². The lowest BCUT2D eigenvalue weighted by atomic mass is 10.0. The van der Waals surface area contributed by atoms with Crippen LogP contribution in [0.25, 0.3) is 6.08 Å². The van der Waals surface area contributed by atoms with E-state index in [9.17, 15) is 13.6 Å². The maximum absolute atomic E-state index is 13.4.